The minimum Gasteiger partial charge on any atom is -0.450 e. The standard InChI is InChI=1S/C15H19ClN4O2/c1-2-22-14(21)20-8-6-15(7-9-20)18-11-5-3-4-10(16)12(11)13(17)19-15/h3-5,18H,2,6-9H2,1H3,(H2,17,19). The quantitative estimate of drug-likeness (QED) is 0.832. The molecule has 0 aliphatic carbocycles. The Kier molecular flexibility index (Phi) is 3.87. The van der Waals surface area contributed by atoms with Gasteiger partial charge >= 0.3 is 6.09 Å². The minimum atomic E-state index is -0.467. The molecule has 118 valence electrons. The molecule has 0 unspecified atom stereocenters. The molecule has 1 spiro atoms. The zero-order chi connectivity index (χ0) is 15.7. The van der Waals surface area contributed by atoms with Crippen LogP contribution in [0.5, 0.6) is 0 Å². The van der Waals surface area contributed by atoms with Crippen molar-refractivity contribution in [3.05, 3.63) is 28.8 Å². The topological polar surface area (TPSA) is 80.0 Å². The van der Waals surface area contributed by atoms with Gasteiger partial charge in [0.25, 0.3) is 0 Å². The molecule has 3 rings (SSSR count). The van der Waals surface area contributed by atoms with Crippen LogP contribution in [0.2, 0.25) is 5.02 Å². The van der Waals surface area contributed by atoms with Crippen LogP contribution < -0.4 is 11.1 Å². The van der Waals surface area contributed by atoms with Crippen molar-refractivity contribution in [1.29, 1.82) is 0 Å². The van der Waals surface area contributed by atoms with Gasteiger partial charge in [-0.3, -0.25) is 0 Å². The van der Waals surface area contributed by atoms with Crippen LogP contribution in [-0.4, -0.2) is 42.2 Å². The summed E-state index contributed by atoms with van der Waals surface area (Å²) in [5, 5.41) is 4.03. The molecule has 1 amide bonds. The number of benzene rings is 1. The van der Waals surface area contributed by atoms with Gasteiger partial charge in [-0.05, 0) is 19.1 Å². The van der Waals surface area contributed by atoms with Crippen LogP contribution in [0, 0.1) is 0 Å². The zero-order valence-corrected chi connectivity index (χ0v) is 13.2. The van der Waals surface area contributed by atoms with Crippen LogP contribution in [-0.2, 0) is 4.74 Å². The van der Waals surface area contributed by atoms with Crippen LogP contribution in [0.1, 0.15) is 25.3 Å². The van der Waals surface area contributed by atoms with Crippen molar-refractivity contribution < 1.29 is 9.53 Å². The number of hydrogen-bond acceptors (Lipinski definition) is 5. The molecule has 22 heavy (non-hydrogen) atoms. The van der Waals surface area contributed by atoms with E-state index in [9.17, 15) is 4.79 Å². The minimum absolute atomic E-state index is 0.270. The highest BCUT2D eigenvalue weighted by atomic mass is 35.5. The number of aliphatic imine (C=N–C) groups is 1. The molecule has 0 radical (unpaired) electrons. The second-order valence-corrected chi connectivity index (χ2v) is 5.91. The third-order valence-corrected chi connectivity index (χ3v) is 4.40. The van der Waals surface area contributed by atoms with Crippen molar-refractivity contribution in [1.82, 2.24) is 4.90 Å². The fraction of sp³-hybridized carbons (Fsp3) is 0.467. The summed E-state index contributed by atoms with van der Waals surface area (Å²) in [6, 6.07) is 5.63. The molecule has 2 aliphatic rings. The van der Waals surface area contributed by atoms with Gasteiger partial charge < -0.3 is 20.7 Å². The van der Waals surface area contributed by atoms with Gasteiger partial charge in [0.1, 0.15) is 11.5 Å². The maximum atomic E-state index is 11.8. The highest BCUT2D eigenvalue weighted by Gasteiger charge is 2.39. The molecule has 2 heterocycles. The summed E-state index contributed by atoms with van der Waals surface area (Å²) >= 11 is 6.19. The Labute approximate surface area is 134 Å². The van der Waals surface area contributed by atoms with Crippen molar-refractivity contribution in [2.24, 2.45) is 10.7 Å². The van der Waals surface area contributed by atoms with Crippen molar-refractivity contribution in [2.45, 2.75) is 25.4 Å². The predicted molar refractivity (Wildman–Crippen MR) is 86.4 cm³/mol. The summed E-state index contributed by atoms with van der Waals surface area (Å²) in [5.74, 6) is 0.448. The number of anilines is 1. The Bertz CT molecular complexity index is 624. The number of rotatable bonds is 1. The molecule has 2 aliphatic heterocycles. The molecule has 7 heteroatoms. The molecule has 6 nitrogen and oxygen atoms in total. The number of likely N-dealkylation sites (tertiary alicyclic amines) is 1. The molecule has 0 bridgehead atoms. The van der Waals surface area contributed by atoms with E-state index in [2.05, 4.69) is 10.3 Å². The number of nitrogens with zero attached hydrogens (tertiary/aromatic N) is 2. The van der Waals surface area contributed by atoms with E-state index in [1.54, 1.807) is 17.9 Å². The van der Waals surface area contributed by atoms with Crippen molar-refractivity contribution in [2.75, 3.05) is 25.0 Å². The first-order chi connectivity index (χ1) is 10.5. The number of carbonyl (C=O) groups is 1. The molecule has 0 saturated carbocycles. The molecule has 1 aromatic carbocycles. The lowest BCUT2D eigenvalue weighted by atomic mass is 9.94. The fourth-order valence-electron chi connectivity index (χ4n) is 2.96. The zero-order valence-electron chi connectivity index (χ0n) is 12.4. The van der Waals surface area contributed by atoms with Gasteiger partial charge in [0.05, 0.1) is 17.2 Å². The Morgan fingerprint density at radius 2 is 2.23 bits per heavy atom. The van der Waals surface area contributed by atoms with Gasteiger partial charge in [-0.25, -0.2) is 9.79 Å². The van der Waals surface area contributed by atoms with Gasteiger partial charge in [-0.15, -0.1) is 0 Å². The summed E-state index contributed by atoms with van der Waals surface area (Å²) in [6.07, 6.45) is 1.09. The maximum absolute atomic E-state index is 11.8. The number of nitrogens with two attached hydrogens (primary N) is 1. The van der Waals surface area contributed by atoms with E-state index in [4.69, 9.17) is 22.1 Å². The monoisotopic (exact) mass is 322 g/mol. The number of amides is 1. The molecule has 0 atom stereocenters. The van der Waals surface area contributed by atoms with Crippen molar-refractivity contribution in [3.8, 4) is 0 Å². The van der Waals surface area contributed by atoms with Gasteiger partial charge in [0, 0.05) is 31.6 Å². The molecular formula is C15H19ClN4O2. The van der Waals surface area contributed by atoms with Crippen molar-refractivity contribution >= 4 is 29.2 Å². The Morgan fingerprint density at radius 3 is 2.91 bits per heavy atom. The SMILES string of the molecule is CCOC(=O)N1CCC2(CC1)N=C(N)c1c(Cl)cccc1N2. The lowest BCUT2D eigenvalue weighted by molar-refractivity contribution is 0.0906. The predicted octanol–water partition coefficient (Wildman–Crippen LogP) is 2.42. The molecule has 1 aromatic rings. The third kappa shape index (κ3) is 2.59. The number of ether oxygens (including phenoxy) is 1. The van der Waals surface area contributed by atoms with Crippen LogP contribution in [0.15, 0.2) is 23.2 Å². The normalized spacial score (nSPS) is 19.2. The van der Waals surface area contributed by atoms with Crippen LogP contribution in [0.4, 0.5) is 10.5 Å². The largest absolute Gasteiger partial charge is 0.450 e. The van der Waals surface area contributed by atoms with E-state index in [1.165, 1.54) is 0 Å². The Morgan fingerprint density at radius 1 is 1.50 bits per heavy atom. The number of nitrogens with one attached hydrogen (secondary N) is 1. The van der Waals surface area contributed by atoms with Crippen LogP contribution in [0.3, 0.4) is 0 Å². The third-order valence-electron chi connectivity index (χ3n) is 4.09. The maximum Gasteiger partial charge on any atom is 0.409 e. The van der Waals surface area contributed by atoms with Gasteiger partial charge in [0.15, 0.2) is 0 Å². The number of piperidine rings is 1. The molecule has 3 N–H and O–H groups in total. The summed E-state index contributed by atoms with van der Waals surface area (Å²) in [6.45, 7) is 3.35. The van der Waals surface area contributed by atoms with E-state index >= 15 is 0 Å². The number of carbonyl (C=O) groups excluding carboxylic acids is 1. The van der Waals surface area contributed by atoms with E-state index in [0.29, 0.717) is 43.4 Å². The Balaban J connectivity index is 1.78. The second kappa shape index (κ2) is 5.68. The van der Waals surface area contributed by atoms with Crippen LogP contribution >= 0.6 is 11.6 Å². The van der Waals surface area contributed by atoms with E-state index in [1.807, 2.05) is 12.1 Å². The first-order valence-electron chi connectivity index (χ1n) is 7.39. The molecule has 1 fully saturated rings. The van der Waals surface area contributed by atoms with E-state index in [0.717, 1.165) is 11.3 Å². The molecule has 1 saturated heterocycles. The first-order valence-corrected chi connectivity index (χ1v) is 7.76. The molecular weight excluding hydrogens is 304 g/mol. The second-order valence-electron chi connectivity index (χ2n) is 5.50. The number of hydrogen-bond donors (Lipinski definition) is 2. The summed E-state index contributed by atoms with van der Waals surface area (Å²) in [7, 11) is 0. The summed E-state index contributed by atoms with van der Waals surface area (Å²) in [5.41, 5.74) is 7.29. The average Bonchev–Trinajstić information content (AvgIpc) is 2.47. The lowest BCUT2D eigenvalue weighted by Gasteiger charge is -2.42. The average molecular weight is 323 g/mol. The first kappa shape index (κ1) is 15.0. The van der Waals surface area contributed by atoms with Gasteiger partial charge in [0.2, 0.25) is 0 Å². The smallest absolute Gasteiger partial charge is 0.409 e. The van der Waals surface area contributed by atoms with E-state index in [-0.39, 0.29) is 6.09 Å². The van der Waals surface area contributed by atoms with E-state index < -0.39 is 5.66 Å². The number of halogens is 1. The number of fused-ring (bicyclic) bond motifs is 1. The van der Waals surface area contributed by atoms with Crippen molar-refractivity contribution in [3.63, 3.8) is 0 Å². The fourth-order valence-corrected chi connectivity index (χ4v) is 3.24. The molecule has 0 aromatic heterocycles. The highest BCUT2D eigenvalue weighted by Crippen LogP contribution is 2.36. The van der Waals surface area contributed by atoms with Crippen LogP contribution in [0.25, 0.3) is 0 Å². The lowest BCUT2D eigenvalue weighted by Crippen LogP contribution is -2.52. The Hall–Kier alpha value is -1.95. The van der Waals surface area contributed by atoms with Gasteiger partial charge in [-0.2, -0.15) is 0 Å². The number of amidine groups is 1. The highest BCUT2D eigenvalue weighted by molar-refractivity contribution is 6.35. The van der Waals surface area contributed by atoms with Gasteiger partial charge in [-0.1, -0.05) is 17.7 Å². The summed E-state index contributed by atoms with van der Waals surface area (Å²) in [4.78, 5) is 18.1. The summed E-state index contributed by atoms with van der Waals surface area (Å²) < 4.78 is 5.04.